The SMILES string of the molecule is CCCCC(OC)C(C)OC(C)=O. The van der Waals surface area contributed by atoms with Crippen molar-refractivity contribution in [2.24, 2.45) is 0 Å². The monoisotopic (exact) mass is 188 g/mol. The Bertz CT molecular complexity index is 145. The second kappa shape index (κ2) is 6.89. The Morgan fingerprint density at radius 2 is 2.08 bits per heavy atom. The summed E-state index contributed by atoms with van der Waals surface area (Å²) in [5, 5.41) is 0. The third-order valence-corrected chi connectivity index (χ3v) is 2.02. The molecule has 0 N–H and O–H groups in total. The van der Waals surface area contributed by atoms with Gasteiger partial charge in [0.05, 0.1) is 6.10 Å². The fourth-order valence-electron chi connectivity index (χ4n) is 1.29. The summed E-state index contributed by atoms with van der Waals surface area (Å²) in [4.78, 5) is 10.7. The van der Waals surface area contributed by atoms with Crippen LogP contribution in [0.2, 0.25) is 0 Å². The van der Waals surface area contributed by atoms with Crippen molar-refractivity contribution in [1.82, 2.24) is 0 Å². The van der Waals surface area contributed by atoms with E-state index < -0.39 is 0 Å². The first-order valence-corrected chi connectivity index (χ1v) is 4.81. The Labute approximate surface area is 80.4 Å². The highest BCUT2D eigenvalue weighted by atomic mass is 16.6. The van der Waals surface area contributed by atoms with Gasteiger partial charge >= 0.3 is 5.97 Å². The van der Waals surface area contributed by atoms with Crippen molar-refractivity contribution in [3.05, 3.63) is 0 Å². The minimum Gasteiger partial charge on any atom is -0.460 e. The van der Waals surface area contributed by atoms with Crippen molar-refractivity contribution in [3.63, 3.8) is 0 Å². The van der Waals surface area contributed by atoms with Crippen molar-refractivity contribution in [2.75, 3.05) is 7.11 Å². The summed E-state index contributed by atoms with van der Waals surface area (Å²) in [7, 11) is 1.65. The molecule has 3 nitrogen and oxygen atoms in total. The molecule has 78 valence electrons. The number of methoxy groups -OCH3 is 1. The number of carbonyl (C=O) groups excluding carboxylic acids is 1. The number of ether oxygens (including phenoxy) is 2. The standard InChI is InChI=1S/C10H20O3/c1-5-6-7-10(12-4)8(2)13-9(3)11/h8,10H,5-7H2,1-4H3. The lowest BCUT2D eigenvalue weighted by atomic mass is 10.1. The first-order valence-electron chi connectivity index (χ1n) is 4.81. The van der Waals surface area contributed by atoms with E-state index in [-0.39, 0.29) is 18.2 Å². The van der Waals surface area contributed by atoms with Crippen LogP contribution >= 0.6 is 0 Å². The minimum atomic E-state index is -0.244. The molecule has 2 atom stereocenters. The molecule has 0 amide bonds. The van der Waals surface area contributed by atoms with Gasteiger partial charge in [0.2, 0.25) is 0 Å². The van der Waals surface area contributed by atoms with Crippen molar-refractivity contribution in [2.45, 2.75) is 52.2 Å². The van der Waals surface area contributed by atoms with Crippen molar-refractivity contribution < 1.29 is 14.3 Å². The van der Waals surface area contributed by atoms with Gasteiger partial charge in [0.15, 0.2) is 0 Å². The normalized spacial score (nSPS) is 15.1. The van der Waals surface area contributed by atoms with Crippen molar-refractivity contribution >= 4 is 5.97 Å². The third-order valence-electron chi connectivity index (χ3n) is 2.02. The molecule has 0 aliphatic carbocycles. The van der Waals surface area contributed by atoms with E-state index in [2.05, 4.69) is 6.92 Å². The van der Waals surface area contributed by atoms with Crippen molar-refractivity contribution in [1.29, 1.82) is 0 Å². The summed E-state index contributed by atoms with van der Waals surface area (Å²) >= 11 is 0. The first-order chi connectivity index (χ1) is 6.11. The van der Waals surface area contributed by atoms with Crippen LogP contribution in [0.5, 0.6) is 0 Å². The molecule has 0 aromatic heterocycles. The third kappa shape index (κ3) is 5.64. The van der Waals surface area contributed by atoms with Gasteiger partial charge in [-0.2, -0.15) is 0 Å². The number of esters is 1. The van der Waals surface area contributed by atoms with Crippen LogP contribution in [0.3, 0.4) is 0 Å². The Hall–Kier alpha value is -0.570. The quantitative estimate of drug-likeness (QED) is 0.599. The van der Waals surface area contributed by atoms with Crippen molar-refractivity contribution in [3.8, 4) is 0 Å². The lowest BCUT2D eigenvalue weighted by Crippen LogP contribution is -2.29. The topological polar surface area (TPSA) is 35.5 Å². The van der Waals surface area contributed by atoms with Gasteiger partial charge in [0.25, 0.3) is 0 Å². The molecule has 0 bridgehead atoms. The second-order valence-corrected chi connectivity index (χ2v) is 3.23. The van der Waals surface area contributed by atoms with Gasteiger partial charge in [0.1, 0.15) is 6.10 Å². The smallest absolute Gasteiger partial charge is 0.302 e. The summed E-state index contributed by atoms with van der Waals surface area (Å²) in [5.41, 5.74) is 0. The zero-order valence-electron chi connectivity index (χ0n) is 9.00. The average Bonchev–Trinajstić information content (AvgIpc) is 2.04. The lowest BCUT2D eigenvalue weighted by molar-refractivity contribution is -0.152. The minimum absolute atomic E-state index is 0.0313. The number of hydrogen-bond donors (Lipinski definition) is 0. The number of unbranched alkanes of at least 4 members (excludes halogenated alkanes) is 1. The molecule has 0 radical (unpaired) electrons. The van der Waals surface area contributed by atoms with Crippen LogP contribution in [0.25, 0.3) is 0 Å². The van der Waals surface area contributed by atoms with E-state index in [1.165, 1.54) is 6.92 Å². The van der Waals surface area contributed by atoms with E-state index in [4.69, 9.17) is 9.47 Å². The van der Waals surface area contributed by atoms with E-state index >= 15 is 0 Å². The molecule has 2 unspecified atom stereocenters. The fraction of sp³-hybridized carbons (Fsp3) is 0.900. The zero-order chi connectivity index (χ0) is 10.3. The molecule has 0 saturated heterocycles. The summed E-state index contributed by atoms with van der Waals surface area (Å²) in [6, 6.07) is 0. The first kappa shape index (κ1) is 12.4. The molecule has 0 aromatic carbocycles. The Kier molecular flexibility index (Phi) is 6.59. The van der Waals surface area contributed by atoms with Gasteiger partial charge in [-0.1, -0.05) is 19.8 Å². The molecule has 0 aliphatic rings. The van der Waals surface area contributed by atoms with E-state index in [9.17, 15) is 4.79 Å². The van der Waals surface area contributed by atoms with E-state index in [0.717, 1.165) is 19.3 Å². The lowest BCUT2D eigenvalue weighted by Gasteiger charge is -2.21. The highest BCUT2D eigenvalue weighted by molar-refractivity contribution is 5.66. The van der Waals surface area contributed by atoms with Gasteiger partial charge in [-0.3, -0.25) is 4.79 Å². The number of hydrogen-bond acceptors (Lipinski definition) is 3. The van der Waals surface area contributed by atoms with E-state index in [0.29, 0.717) is 0 Å². The molecule has 0 fully saturated rings. The van der Waals surface area contributed by atoms with E-state index in [1.807, 2.05) is 6.92 Å². The summed E-state index contributed by atoms with van der Waals surface area (Å²) in [6.07, 6.45) is 3.07. The maximum Gasteiger partial charge on any atom is 0.302 e. The predicted molar refractivity (Wildman–Crippen MR) is 51.6 cm³/mol. The van der Waals surface area contributed by atoms with Gasteiger partial charge < -0.3 is 9.47 Å². The van der Waals surface area contributed by atoms with E-state index in [1.54, 1.807) is 7.11 Å². The van der Waals surface area contributed by atoms with Crippen LogP contribution in [0.4, 0.5) is 0 Å². The van der Waals surface area contributed by atoms with Crippen LogP contribution < -0.4 is 0 Å². The molecule has 0 rings (SSSR count). The zero-order valence-corrected chi connectivity index (χ0v) is 9.00. The molecule has 0 aromatic rings. The molecule has 3 heteroatoms. The highest BCUT2D eigenvalue weighted by Gasteiger charge is 2.18. The molecule has 0 spiro atoms. The van der Waals surface area contributed by atoms with Crippen LogP contribution in [-0.4, -0.2) is 25.3 Å². The summed E-state index contributed by atoms with van der Waals surface area (Å²) in [5.74, 6) is -0.244. The number of carbonyl (C=O) groups is 1. The van der Waals surface area contributed by atoms with Crippen LogP contribution in [0.15, 0.2) is 0 Å². The second-order valence-electron chi connectivity index (χ2n) is 3.23. The maximum atomic E-state index is 10.7. The van der Waals surface area contributed by atoms with Gasteiger partial charge in [-0.25, -0.2) is 0 Å². The van der Waals surface area contributed by atoms with Gasteiger partial charge in [0, 0.05) is 14.0 Å². The predicted octanol–water partition coefficient (Wildman–Crippen LogP) is 2.14. The van der Waals surface area contributed by atoms with Crippen LogP contribution in [0.1, 0.15) is 40.0 Å². The Morgan fingerprint density at radius 1 is 1.46 bits per heavy atom. The largest absolute Gasteiger partial charge is 0.460 e. The molecule has 0 heterocycles. The maximum absolute atomic E-state index is 10.7. The molecular weight excluding hydrogens is 168 g/mol. The van der Waals surface area contributed by atoms with Gasteiger partial charge in [-0.05, 0) is 13.3 Å². The average molecular weight is 188 g/mol. The highest BCUT2D eigenvalue weighted by Crippen LogP contribution is 2.11. The molecular formula is C10H20O3. The molecule has 13 heavy (non-hydrogen) atoms. The van der Waals surface area contributed by atoms with Crippen LogP contribution in [0, 0.1) is 0 Å². The summed E-state index contributed by atoms with van der Waals surface area (Å²) < 4.78 is 10.3. The van der Waals surface area contributed by atoms with Crippen LogP contribution in [-0.2, 0) is 14.3 Å². The van der Waals surface area contributed by atoms with Gasteiger partial charge in [-0.15, -0.1) is 0 Å². The molecule has 0 saturated carbocycles. The summed E-state index contributed by atoms with van der Waals surface area (Å²) in [6.45, 7) is 5.41. The Balaban J connectivity index is 3.83. The molecule has 0 aliphatic heterocycles. The number of rotatable bonds is 6. The fourth-order valence-corrected chi connectivity index (χ4v) is 1.29. The Morgan fingerprint density at radius 3 is 2.46 bits per heavy atom.